The van der Waals surface area contributed by atoms with E-state index in [1.165, 1.54) is 0 Å². The molecule has 0 unspecified atom stereocenters. The predicted molar refractivity (Wildman–Crippen MR) is 10.0 cm³/mol. The quantitative estimate of drug-likeness (QED) is 0.523. The summed E-state index contributed by atoms with van der Waals surface area (Å²) in [5.74, 6) is 0. The van der Waals surface area contributed by atoms with Gasteiger partial charge >= 0.3 is 0 Å². The smallest absolute Gasteiger partial charge is 0 e. The third-order valence-electron chi connectivity index (χ3n) is 0. The summed E-state index contributed by atoms with van der Waals surface area (Å²) in [6, 6.07) is 0. The van der Waals surface area contributed by atoms with Crippen LogP contribution in [0.3, 0.4) is 0 Å². The molecule has 0 spiro atoms. The second-order valence-corrected chi connectivity index (χ2v) is 0. The van der Waals surface area contributed by atoms with Crippen molar-refractivity contribution in [2.75, 3.05) is 0 Å². The summed E-state index contributed by atoms with van der Waals surface area (Å²) >= 11 is 0. The molecule has 0 fully saturated rings. The van der Waals surface area contributed by atoms with Crippen molar-refractivity contribution in [3.8, 4) is 0 Å². The Bertz CT molecular complexity index is 7.61. The molecule has 0 rings (SSSR count). The molecule has 0 aliphatic heterocycles. The van der Waals surface area contributed by atoms with Crippen molar-refractivity contribution in [2.45, 2.75) is 0 Å². The van der Waals surface area contributed by atoms with Crippen LogP contribution in [-0.4, -0.2) is 0 Å². The molecule has 32 valence electrons. The van der Waals surface area contributed by atoms with Crippen LogP contribution in [0, 0.1) is 0 Å². The molecule has 0 heterocycles. The molecule has 0 saturated heterocycles. The molecule has 0 aliphatic rings. The normalized spacial score (nSPS) is 0. The van der Waals surface area contributed by atoms with Gasteiger partial charge in [0.05, 0.1) is 0 Å². The first-order valence-electron chi connectivity index (χ1n) is 0. The minimum atomic E-state index is 0. The van der Waals surface area contributed by atoms with E-state index in [2.05, 4.69) is 0 Å². The fourth-order valence-corrected chi connectivity index (χ4v) is 0. The van der Waals surface area contributed by atoms with Crippen LogP contribution in [-0.2, 0) is 63.8 Å². The van der Waals surface area contributed by atoms with E-state index in [0.29, 0.717) is 0 Å². The maximum atomic E-state index is 0. The van der Waals surface area contributed by atoms with E-state index in [1.807, 2.05) is 0 Å². The Hall–Kier alpha value is 2.01. The zero-order valence-corrected chi connectivity index (χ0v) is 10.2. The largest absolute Gasteiger partial charge is 0.344 e. The third kappa shape index (κ3) is 23.9. The van der Waals surface area contributed by atoms with Crippen molar-refractivity contribution in [2.24, 2.45) is 0 Å². The van der Waals surface area contributed by atoms with Crippen LogP contribution in [0.25, 0.3) is 0 Å². The minimum Gasteiger partial charge on any atom is -0.344 e. The Morgan fingerprint density at radius 3 is 0.600 bits per heavy atom. The first kappa shape index (κ1) is 62.6. The summed E-state index contributed by atoms with van der Waals surface area (Å²) in [5.41, 5.74) is 0. The second kappa shape index (κ2) is 37.3. The van der Waals surface area contributed by atoms with Crippen LogP contribution in [0.5, 0.6) is 0 Å². The molecule has 0 aromatic carbocycles. The van der Waals surface area contributed by atoms with Gasteiger partial charge in [0, 0.05) is 63.8 Å². The molecule has 6 N–H and O–H groups in total. The van der Waals surface area contributed by atoms with Gasteiger partial charge in [-0.2, -0.15) is 0 Å². The van der Waals surface area contributed by atoms with Gasteiger partial charge in [0.1, 0.15) is 0 Å². The van der Waals surface area contributed by atoms with E-state index in [4.69, 9.17) is 0 Å². The van der Waals surface area contributed by atoms with Crippen LogP contribution < -0.4 is 12.3 Å². The van der Waals surface area contributed by atoms with Crippen LogP contribution >= 0.6 is 0 Å². The van der Waals surface area contributed by atoms with Crippen molar-refractivity contribution >= 4 is 0 Å². The summed E-state index contributed by atoms with van der Waals surface area (Å²) < 4.78 is 0. The molecule has 5 heavy (non-hydrogen) atoms. The van der Waals surface area contributed by atoms with Crippen LogP contribution in [0.2, 0.25) is 0 Å². The van der Waals surface area contributed by atoms with Gasteiger partial charge in [-0.3, -0.25) is 0 Å². The molecular formula is H6N2TiW2. The van der Waals surface area contributed by atoms with Gasteiger partial charge < -0.3 is 12.3 Å². The van der Waals surface area contributed by atoms with Gasteiger partial charge in [0.25, 0.3) is 0 Å². The van der Waals surface area contributed by atoms with E-state index in [1.54, 1.807) is 0 Å². The monoisotopic (exact) mass is 450 g/mol. The van der Waals surface area contributed by atoms with Crippen molar-refractivity contribution in [1.82, 2.24) is 12.3 Å². The molecule has 0 atom stereocenters. The van der Waals surface area contributed by atoms with Gasteiger partial charge in [-0.05, 0) is 0 Å². The molecule has 2 nitrogen and oxygen atoms in total. The summed E-state index contributed by atoms with van der Waals surface area (Å²) in [5, 5.41) is 0. The van der Waals surface area contributed by atoms with E-state index in [0.717, 1.165) is 0 Å². The van der Waals surface area contributed by atoms with E-state index < -0.39 is 0 Å². The van der Waals surface area contributed by atoms with Gasteiger partial charge in [-0.25, -0.2) is 0 Å². The Balaban J connectivity index is 0. The first-order valence-corrected chi connectivity index (χ1v) is 0. The van der Waals surface area contributed by atoms with Crippen molar-refractivity contribution in [3.05, 3.63) is 0 Å². The average Bonchev–Trinajstić information content (AvgIpc) is 0. The predicted octanol–water partition coefficient (Wildman–Crippen LogP) is 0.317. The van der Waals surface area contributed by atoms with Gasteiger partial charge in [0.2, 0.25) is 0 Å². The minimum absolute atomic E-state index is 0. The molecule has 0 bridgehead atoms. The second-order valence-electron chi connectivity index (χ2n) is 0. The molecule has 0 aromatic heterocycles. The number of hydrogen-bond acceptors (Lipinski definition) is 2. The van der Waals surface area contributed by atoms with E-state index >= 15 is 0 Å². The third-order valence-corrected chi connectivity index (χ3v) is 0. The number of rotatable bonds is 0. The fourth-order valence-electron chi connectivity index (χ4n) is 0. The zero-order valence-electron chi connectivity index (χ0n) is 2.73. The van der Waals surface area contributed by atoms with E-state index in [9.17, 15) is 0 Å². The van der Waals surface area contributed by atoms with Crippen LogP contribution in [0.15, 0.2) is 0 Å². The Morgan fingerprint density at radius 1 is 0.600 bits per heavy atom. The van der Waals surface area contributed by atoms with Crippen LogP contribution in [0.4, 0.5) is 0 Å². The molecule has 0 saturated carbocycles. The maximum Gasteiger partial charge on any atom is 0 e. The van der Waals surface area contributed by atoms with Gasteiger partial charge in [-0.15, -0.1) is 0 Å². The zero-order chi connectivity index (χ0) is 0. The molecule has 0 aromatic rings. The van der Waals surface area contributed by atoms with Gasteiger partial charge in [0.15, 0.2) is 0 Å². The Morgan fingerprint density at radius 2 is 0.600 bits per heavy atom. The van der Waals surface area contributed by atoms with Gasteiger partial charge in [-0.1, -0.05) is 0 Å². The van der Waals surface area contributed by atoms with E-state index in [-0.39, 0.29) is 76.1 Å². The Labute approximate surface area is 75.4 Å². The summed E-state index contributed by atoms with van der Waals surface area (Å²) in [6.45, 7) is 0. The molecule has 0 amide bonds. The molecule has 0 radical (unpaired) electrons. The fraction of sp³-hybridized carbons (Fsp3) is 0. The van der Waals surface area contributed by atoms with Crippen molar-refractivity contribution < 1.29 is 63.8 Å². The first-order chi connectivity index (χ1) is 0. The standard InChI is InChI=1S/2H3N.Ti.2W/h2*1H3;;;. The summed E-state index contributed by atoms with van der Waals surface area (Å²) in [4.78, 5) is 0. The topological polar surface area (TPSA) is 70.0 Å². The molecule has 5 heteroatoms. The summed E-state index contributed by atoms with van der Waals surface area (Å²) in [7, 11) is 0. The average molecular weight is 450 g/mol. The van der Waals surface area contributed by atoms with Crippen molar-refractivity contribution in [3.63, 3.8) is 0 Å². The molecular weight excluding hydrogens is 444 g/mol. The SMILES string of the molecule is N.N.[Ti].[W].[W]. The molecule has 0 aliphatic carbocycles. The number of hydrogen-bond donors (Lipinski definition) is 2. The Kier molecular flexibility index (Phi) is 468. The van der Waals surface area contributed by atoms with Crippen molar-refractivity contribution in [1.29, 1.82) is 0 Å². The summed E-state index contributed by atoms with van der Waals surface area (Å²) in [6.07, 6.45) is 0. The maximum absolute atomic E-state index is 0. The van der Waals surface area contributed by atoms with Crippen LogP contribution in [0.1, 0.15) is 0 Å².